The van der Waals surface area contributed by atoms with E-state index in [-0.39, 0.29) is 18.7 Å². The smallest absolute Gasteiger partial charge is 0.224 e. The zero-order valence-electron chi connectivity index (χ0n) is 18.3. The van der Waals surface area contributed by atoms with Crippen LogP contribution >= 0.6 is 0 Å². The molecule has 1 unspecified atom stereocenters. The van der Waals surface area contributed by atoms with E-state index in [1.807, 2.05) is 32.9 Å². The van der Waals surface area contributed by atoms with Crippen molar-refractivity contribution in [3.05, 3.63) is 72.2 Å². The SMILES string of the molecule is C=CC/C(C)=N\C(C)=C(\CCCC(=O)NC(=C\F)/C(F)=C\C=C/C)C(C)/C=C/C. The van der Waals surface area contributed by atoms with E-state index in [0.717, 1.165) is 29.5 Å². The average molecular weight is 405 g/mol. The third-order valence-electron chi connectivity index (χ3n) is 4.22. The van der Waals surface area contributed by atoms with Crippen LogP contribution < -0.4 is 5.32 Å². The van der Waals surface area contributed by atoms with Crippen molar-refractivity contribution in [3.63, 3.8) is 0 Å². The normalized spacial score (nSPS) is 15.6. The van der Waals surface area contributed by atoms with Gasteiger partial charge < -0.3 is 5.32 Å². The highest BCUT2D eigenvalue weighted by Crippen LogP contribution is 2.24. The summed E-state index contributed by atoms with van der Waals surface area (Å²) < 4.78 is 26.7. The first-order valence-electron chi connectivity index (χ1n) is 9.87. The van der Waals surface area contributed by atoms with E-state index in [1.165, 1.54) is 6.08 Å². The molecule has 0 rings (SSSR count). The van der Waals surface area contributed by atoms with Crippen molar-refractivity contribution in [1.29, 1.82) is 0 Å². The lowest BCUT2D eigenvalue weighted by atomic mass is 9.93. The van der Waals surface area contributed by atoms with Crippen LogP contribution in [0.1, 0.15) is 60.3 Å². The number of hydrogen-bond donors (Lipinski definition) is 1. The van der Waals surface area contributed by atoms with Crippen molar-refractivity contribution >= 4 is 11.6 Å². The lowest BCUT2D eigenvalue weighted by Crippen LogP contribution is -2.22. The molecule has 1 atom stereocenters. The van der Waals surface area contributed by atoms with Crippen LogP contribution in [-0.2, 0) is 4.79 Å². The van der Waals surface area contributed by atoms with Gasteiger partial charge in [-0.1, -0.05) is 37.3 Å². The number of carbonyl (C=O) groups is 1. The molecule has 0 bridgehead atoms. The van der Waals surface area contributed by atoms with Crippen LogP contribution in [0.25, 0.3) is 0 Å². The van der Waals surface area contributed by atoms with Gasteiger partial charge in [-0.25, -0.2) is 8.78 Å². The number of rotatable bonds is 12. The first-order valence-corrected chi connectivity index (χ1v) is 9.87. The Morgan fingerprint density at radius 3 is 2.45 bits per heavy atom. The topological polar surface area (TPSA) is 41.5 Å². The van der Waals surface area contributed by atoms with E-state index < -0.39 is 17.4 Å². The average Bonchev–Trinajstić information content (AvgIpc) is 2.67. The molecule has 0 spiro atoms. The second-order valence-corrected chi connectivity index (χ2v) is 6.73. The molecule has 5 heteroatoms. The van der Waals surface area contributed by atoms with E-state index in [0.29, 0.717) is 12.8 Å². The van der Waals surface area contributed by atoms with Crippen LogP contribution in [0.2, 0.25) is 0 Å². The second-order valence-electron chi connectivity index (χ2n) is 6.73. The Morgan fingerprint density at radius 2 is 1.90 bits per heavy atom. The van der Waals surface area contributed by atoms with E-state index in [4.69, 9.17) is 0 Å². The summed E-state index contributed by atoms with van der Waals surface area (Å²) in [6.07, 6.45) is 12.2. The fraction of sp³-hybridized carbons (Fsp3) is 0.417. The quantitative estimate of drug-likeness (QED) is 0.212. The first-order chi connectivity index (χ1) is 13.8. The molecule has 1 amide bonds. The molecule has 0 radical (unpaired) electrons. The highest BCUT2D eigenvalue weighted by atomic mass is 19.1. The van der Waals surface area contributed by atoms with Crippen molar-refractivity contribution in [2.24, 2.45) is 10.9 Å². The zero-order chi connectivity index (χ0) is 22.2. The Labute approximate surface area is 174 Å². The molecule has 29 heavy (non-hydrogen) atoms. The number of aliphatic imine (C=N–C) groups is 1. The minimum atomic E-state index is -0.830. The molecule has 0 saturated heterocycles. The summed E-state index contributed by atoms with van der Waals surface area (Å²) >= 11 is 0. The third-order valence-corrected chi connectivity index (χ3v) is 4.22. The van der Waals surface area contributed by atoms with Crippen LogP contribution in [0.3, 0.4) is 0 Å². The van der Waals surface area contributed by atoms with E-state index in [2.05, 4.69) is 29.9 Å². The van der Waals surface area contributed by atoms with Crippen molar-refractivity contribution < 1.29 is 13.6 Å². The summed E-state index contributed by atoms with van der Waals surface area (Å²) in [5, 5.41) is 2.28. The zero-order valence-corrected chi connectivity index (χ0v) is 18.3. The number of halogens is 2. The molecule has 160 valence electrons. The van der Waals surface area contributed by atoms with Crippen LogP contribution in [0, 0.1) is 5.92 Å². The molecule has 0 saturated carbocycles. The van der Waals surface area contributed by atoms with E-state index >= 15 is 0 Å². The van der Waals surface area contributed by atoms with Gasteiger partial charge in [-0.05, 0) is 58.1 Å². The molecular formula is C24H34F2N2O. The second kappa shape index (κ2) is 15.4. The number of allylic oxidation sites excluding steroid dienone is 9. The van der Waals surface area contributed by atoms with E-state index in [9.17, 15) is 13.6 Å². The minimum Gasteiger partial charge on any atom is -0.322 e. The maximum Gasteiger partial charge on any atom is 0.224 e. The van der Waals surface area contributed by atoms with Crippen LogP contribution in [-0.4, -0.2) is 11.6 Å². The lowest BCUT2D eigenvalue weighted by molar-refractivity contribution is -0.120. The summed E-state index contributed by atoms with van der Waals surface area (Å²) in [5.41, 5.74) is 2.58. The van der Waals surface area contributed by atoms with Crippen molar-refractivity contribution in [2.45, 2.75) is 60.3 Å². The molecule has 0 aromatic rings. The highest BCUT2D eigenvalue weighted by molar-refractivity contribution is 5.84. The van der Waals surface area contributed by atoms with Gasteiger partial charge in [0, 0.05) is 24.3 Å². The van der Waals surface area contributed by atoms with Gasteiger partial charge in [0.1, 0.15) is 17.9 Å². The molecule has 0 aromatic heterocycles. The summed E-state index contributed by atoms with van der Waals surface area (Å²) in [5.74, 6) is -1.07. The lowest BCUT2D eigenvalue weighted by Gasteiger charge is -2.15. The van der Waals surface area contributed by atoms with Crippen LogP contribution in [0.4, 0.5) is 8.78 Å². The Bertz CT molecular complexity index is 725. The van der Waals surface area contributed by atoms with Crippen LogP contribution in [0.5, 0.6) is 0 Å². The summed E-state index contributed by atoms with van der Waals surface area (Å²) in [7, 11) is 0. The number of amides is 1. The van der Waals surface area contributed by atoms with Crippen molar-refractivity contribution in [2.75, 3.05) is 0 Å². The highest BCUT2D eigenvalue weighted by Gasteiger charge is 2.13. The molecule has 1 N–H and O–H groups in total. The minimum absolute atomic E-state index is 0.0634. The third kappa shape index (κ3) is 11.1. The summed E-state index contributed by atoms with van der Waals surface area (Å²) in [6.45, 7) is 13.4. The fourth-order valence-electron chi connectivity index (χ4n) is 2.82. The molecule has 0 aliphatic carbocycles. The van der Waals surface area contributed by atoms with Gasteiger partial charge in [-0.2, -0.15) is 0 Å². The van der Waals surface area contributed by atoms with Gasteiger partial charge in [-0.3, -0.25) is 9.79 Å². The van der Waals surface area contributed by atoms with E-state index in [1.54, 1.807) is 13.0 Å². The number of nitrogens with zero attached hydrogens (tertiary/aromatic N) is 1. The molecular weight excluding hydrogens is 370 g/mol. The number of nitrogens with one attached hydrogen (secondary N) is 1. The molecule has 0 heterocycles. The predicted octanol–water partition coefficient (Wildman–Crippen LogP) is 7.04. The largest absolute Gasteiger partial charge is 0.322 e. The Morgan fingerprint density at radius 1 is 1.21 bits per heavy atom. The Balaban J connectivity index is 5.13. The van der Waals surface area contributed by atoms with Gasteiger partial charge >= 0.3 is 0 Å². The Kier molecular flexibility index (Phi) is 14.0. The maximum absolute atomic E-state index is 13.8. The predicted molar refractivity (Wildman–Crippen MR) is 120 cm³/mol. The van der Waals surface area contributed by atoms with Crippen LogP contribution in [0.15, 0.2) is 77.2 Å². The van der Waals surface area contributed by atoms with Gasteiger partial charge in [0.05, 0.1) is 0 Å². The van der Waals surface area contributed by atoms with Crippen molar-refractivity contribution in [3.8, 4) is 0 Å². The monoisotopic (exact) mass is 404 g/mol. The van der Waals surface area contributed by atoms with Gasteiger partial charge in [-0.15, -0.1) is 6.58 Å². The van der Waals surface area contributed by atoms with Gasteiger partial charge in [0.2, 0.25) is 5.91 Å². The first kappa shape index (κ1) is 26.4. The van der Waals surface area contributed by atoms with Gasteiger partial charge in [0.25, 0.3) is 0 Å². The Hall–Kier alpha value is -2.56. The molecule has 0 fully saturated rings. The van der Waals surface area contributed by atoms with Gasteiger partial charge in [0.15, 0.2) is 0 Å². The molecule has 0 aromatic carbocycles. The molecule has 0 aliphatic rings. The summed E-state index contributed by atoms with van der Waals surface area (Å²) in [4.78, 5) is 16.8. The maximum atomic E-state index is 13.8. The fourth-order valence-corrected chi connectivity index (χ4v) is 2.82. The standard InChI is InChI=1S/C24H34F2N2O/c1-7-10-15-22(26)23(17-25)28-24(29)16-11-14-21(18(4)12-8-2)20(6)27-19(5)13-9-3/h7-10,12,15,17-18H,3,11,13-14,16H2,1-2,4-6H3,(H,28,29)/b10-7-,12-8+,21-20-,22-15+,23-17-,27-19-. The summed E-state index contributed by atoms with van der Waals surface area (Å²) in [6, 6.07) is 0. The number of carbonyl (C=O) groups excluding carboxylic acids is 1. The molecule has 0 aliphatic heterocycles. The number of hydrogen-bond acceptors (Lipinski definition) is 2. The molecule has 3 nitrogen and oxygen atoms in total. The van der Waals surface area contributed by atoms with Crippen molar-refractivity contribution in [1.82, 2.24) is 5.32 Å².